The Bertz CT molecular complexity index is 1110. The summed E-state index contributed by atoms with van der Waals surface area (Å²) in [6.07, 6.45) is 0.0164. The van der Waals surface area contributed by atoms with E-state index in [1.807, 2.05) is 13.8 Å². The van der Waals surface area contributed by atoms with E-state index in [4.69, 9.17) is 23.2 Å². The van der Waals surface area contributed by atoms with E-state index >= 15 is 0 Å². The highest BCUT2D eigenvalue weighted by Gasteiger charge is 2.21. The molecule has 2 heterocycles. The maximum Gasteiger partial charge on any atom is 0.239 e. The molecule has 1 aromatic carbocycles. The lowest BCUT2D eigenvalue weighted by atomic mass is 10.3. The van der Waals surface area contributed by atoms with Crippen molar-refractivity contribution in [1.82, 2.24) is 19.7 Å². The number of aryl methyl sites for hydroxylation is 2. The molecular weight excluding hydrogens is 479 g/mol. The first-order valence-electron chi connectivity index (χ1n) is 9.18. The molecule has 2 aromatic heterocycles. The highest BCUT2D eigenvalue weighted by Crippen LogP contribution is 2.26. The Morgan fingerprint density at radius 3 is 2.58 bits per heavy atom. The number of hydrogen-bond donors (Lipinski definition) is 2. The molecule has 8 nitrogen and oxygen atoms in total. The van der Waals surface area contributed by atoms with Crippen molar-refractivity contribution < 1.29 is 9.59 Å². The Labute approximate surface area is 197 Å². The molecule has 0 aliphatic carbocycles. The average Bonchev–Trinajstić information content (AvgIpc) is 3.20. The molecule has 0 fully saturated rings. The molecule has 2 N–H and O–H groups in total. The summed E-state index contributed by atoms with van der Waals surface area (Å²) in [6, 6.07) is 4.85. The van der Waals surface area contributed by atoms with Crippen LogP contribution in [0.15, 0.2) is 23.4 Å². The summed E-state index contributed by atoms with van der Waals surface area (Å²) < 4.78 is 1.69. The summed E-state index contributed by atoms with van der Waals surface area (Å²) in [5, 5.41) is 15.2. The van der Waals surface area contributed by atoms with Crippen LogP contribution in [-0.2, 0) is 23.1 Å². The highest BCUT2D eigenvalue weighted by atomic mass is 35.5. The zero-order chi connectivity index (χ0) is 22.7. The number of benzene rings is 1. The lowest BCUT2D eigenvalue weighted by Crippen LogP contribution is -2.23. The van der Waals surface area contributed by atoms with Gasteiger partial charge in [-0.2, -0.15) is 0 Å². The molecule has 0 saturated carbocycles. The van der Waals surface area contributed by atoms with Gasteiger partial charge in [-0.05, 0) is 39.0 Å². The third-order valence-corrected chi connectivity index (χ3v) is 7.22. The van der Waals surface area contributed by atoms with E-state index in [2.05, 4.69) is 25.8 Å². The minimum atomic E-state index is -0.426. The lowest BCUT2D eigenvalue weighted by Gasteiger charge is -2.10. The Balaban J connectivity index is 1.59. The van der Waals surface area contributed by atoms with Gasteiger partial charge >= 0.3 is 0 Å². The number of rotatable bonds is 7. The number of nitrogens with one attached hydrogen (secondary N) is 2. The van der Waals surface area contributed by atoms with Gasteiger partial charge in [0.25, 0.3) is 0 Å². The molecule has 0 radical (unpaired) electrons. The first-order valence-corrected chi connectivity index (χ1v) is 11.6. The molecule has 3 rings (SSSR count). The molecule has 31 heavy (non-hydrogen) atoms. The monoisotopic (exact) mass is 498 g/mol. The molecule has 0 spiro atoms. The van der Waals surface area contributed by atoms with Crippen molar-refractivity contribution in [2.45, 2.75) is 37.6 Å². The number of thiazole rings is 1. The quantitative estimate of drug-likeness (QED) is 0.465. The van der Waals surface area contributed by atoms with Crippen molar-refractivity contribution in [3.8, 4) is 0 Å². The first kappa shape index (κ1) is 23.5. The van der Waals surface area contributed by atoms with Crippen molar-refractivity contribution >= 4 is 68.9 Å². The highest BCUT2D eigenvalue weighted by molar-refractivity contribution is 8.00. The van der Waals surface area contributed by atoms with Crippen LogP contribution in [0.5, 0.6) is 0 Å². The van der Waals surface area contributed by atoms with Gasteiger partial charge in [0, 0.05) is 17.6 Å². The molecule has 164 valence electrons. The standard InChI is InChI=1S/C19H20Cl2N6O2S2/c1-9-10(2)30-18(22-9)24-17(29)11(3)31-19-26-25-15(27(19)4)8-16(28)23-12-5-6-13(20)14(21)7-12/h5-7,11H,8H2,1-4H3,(H,23,28)(H,22,24,29). The van der Waals surface area contributed by atoms with Gasteiger partial charge in [0.2, 0.25) is 11.8 Å². The molecule has 1 atom stereocenters. The van der Waals surface area contributed by atoms with Crippen molar-refractivity contribution in [3.05, 3.63) is 44.6 Å². The number of anilines is 2. The lowest BCUT2D eigenvalue weighted by molar-refractivity contribution is -0.116. The van der Waals surface area contributed by atoms with Crippen molar-refractivity contribution in [2.75, 3.05) is 10.6 Å². The summed E-state index contributed by atoms with van der Waals surface area (Å²) >= 11 is 14.6. The molecule has 0 aliphatic rings. The van der Waals surface area contributed by atoms with E-state index in [9.17, 15) is 9.59 Å². The smallest absolute Gasteiger partial charge is 0.239 e. The van der Waals surface area contributed by atoms with E-state index in [0.717, 1.165) is 10.6 Å². The van der Waals surface area contributed by atoms with Gasteiger partial charge in [-0.1, -0.05) is 35.0 Å². The normalized spacial score (nSPS) is 11.9. The number of carbonyl (C=O) groups is 2. The molecule has 12 heteroatoms. The van der Waals surface area contributed by atoms with Crippen LogP contribution >= 0.6 is 46.3 Å². The van der Waals surface area contributed by atoms with Gasteiger partial charge in [-0.3, -0.25) is 9.59 Å². The van der Waals surface area contributed by atoms with Crippen LogP contribution in [0, 0.1) is 13.8 Å². The first-order chi connectivity index (χ1) is 14.6. The van der Waals surface area contributed by atoms with Gasteiger partial charge in [-0.25, -0.2) is 4.98 Å². The summed E-state index contributed by atoms with van der Waals surface area (Å²) in [5.74, 6) is 0.0187. The predicted octanol–water partition coefficient (Wildman–Crippen LogP) is 4.50. The number of nitrogens with zero attached hydrogens (tertiary/aromatic N) is 4. The molecule has 3 aromatic rings. The van der Waals surface area contributed by atoms with Crippen LogP contribution in [0.4, 0.5) is 10.8 Å². The topological polar surface area (TPSA) is 102 Å². The predicted molar refractivity (Wildman–Crippen MR) is 125 cm³/mol. The van der Waals surface area contributed by atoms with Crippen molar-refractivity contribution in [2.24, 2.45) is 7.05 Å². The fourth-order valence-corrected chi connectivity index (χ4v) is 4.42. The Morgan fingerprint density at radius 1 is 1.19 bits per heavy atom. The molecule has 1 unspecified atom stereocenters. The minimum Gasteiger partial charge on any atom is -0.326 e. The van der Waals surface area contributed by atoms with Crippen molar-refractivity contribution in [1.29, 1.82) is 0 Å². The zero-order valence-electron chi connectivity index (χ0n) is 17.2. The van der Waals surface area contributed by atoms with Crippen LogP contribution in [0.25, 0.3) is 0 Å². The van der Waals surface area contributed by atoms with Crippen LogP contribution in [0.1, 0.15) is 23.3 Å². The fourth-order valence-electron chi connectivity index (χ4n) is 2.47. The third kappa shape index (κ3) is 5.97. The second-order valence-electron chi connectivity index (χ2n) is 6.72. The van der Waals surface area contributed by atoms with Crippen LogP contribution in [0.3, 0.4) is 0 Å². The zero-order valence-corrected chi connectivity index (χ0v) is 20.3. The summed E-state index contributed by atoms with van der Waals surface area (Å²) in [5.41, 5.74) is 1.44. The second kappa shape index (κ2) is 9.99. The van der Waals surface area contributed by atoms with E-state index in [1.54, 1.807) is 36.7 Å². The second-order valence-corrected chi connectivity index (χ2v) is 10.0. The maximum absolute atomic E-state index is 12.5. The van der Waals surface area contributed by atoms with E-state index in [1.165, 1.54) is 23.1 Å². The van der Waals surface area contributed by atoms with Gasteiger partial charge in [0.15, 0.2) is 10.3 Å². The number of thioether (sulfide) groups is 1. The number of amides is 2. The van der Waals surface area contributed by atoms with Gasteiger partial charge in [-0.15, -0.1) is 21.5 Å². The Kier molecular flexibility index (Phi) is 7.58. The molecule has 0 bridgehead atoms. The Hall–Kier alpha value is -2.14. The van der Waals surface area contributed by atoms with Crippen LogP contribution < -0.4 is 10.6 Å². The SMILES string of the molecule is Cc1nc(NC(=O)C(C)Sc2nnc(CC(=O)Nc3ccc(Cl)c(Cl)c3)n2C)sc1C. The van der Waals surface area contributed by atoms with E-state index in [0.29, 0.717) is 31.8 Å². The third-order valence-electron chi connectivity index (χ3n) is 4.36. The van der Waals surface area contributed by atoms with E-state index < -0.39 is 5.25 Å². The van der Waals surface area contributed by atoms with Gasteiger partial charge < -0.3 is 15.2 Å². The largest absolute Gasteiger partial charge is 0.326 e. The number of hydrogen-bond acceptors (Lipinski definition) is 7. The fraction of sp³-hybridized carbons (Fsp3) is 0.316. The average molecular weight is 499 g/mol. The van der Waals surface area contributed by atoms with Gasteiger partial charge in [0.05, 0.1) is 27.4 Å². The van der Waals surface area contributed by atoms with E-state index in [-0.39, 0.29) is 18.2 Å². The van der Waals surface area contributed by atoms with Crippen LogP contribution in [0.2, 0.25) is 10.0 Å². The van der Waals surface area contributed by atoms with Gasteiger partial charge in [0.1, 0.15) is 5.82 Å². The molecule has 2 amide bonds. The molecule has 0 saturated heterocycles. The number of carbonyl (C=O) groups excluding carboxylic acids is 2. The van der Waals surface area contributed by atoms with Crippen molar-refractivity contribution in [3.63, 3.8) is 0 Å². The molecule has 0 aliphatic heterocycles. The summed E-state index contributed by atoms with van der Waals surface area (Å²) in [4.78, 5) is 30.2. The minimum absolute atomic E-state index is 0.0164. The summed E-state index contributed by atoms with van der Waals surface area (Å²) in [6.45, 7) is 5.64. The van der Waals surface area contributed by atoms with Crippen LogP contribution in [-0.4, -0.2) is 36.8 Å². The molecular formula is C19H20Cl2N6O2S2. The number of aromatic nitrogens is 4. The Morgan fingerprint density at radius 2 is 1.94 bits per heavy atom. The maximum atomic E-state index is 12.5. The number of halogens is 2. The summed E-state index contributed by atoms with van der Waals surface area (Å²) in [7, 11) is 1.75.